The molecule has 0 bridgehead atoms. The van der Waals surface area contributed by atoms with Crippen LogP contribution in [0.1, 0.15) is 31.7 Å². The van der Waals surface area contributed by atoms with E-state index in [0.29, 0.717) is 19.5 Å². The Balaban J connectivity index is 1.86. The Morgan fingerprint density at radius 1 is 1.41 bits per heavy atom. The van der Waals surface area contributed by atoms with E-state index in [9.17, 15) is 9.59 Å². The lowest BCUT2D eigenvalue weighted by atomic mass is 10.1. The highest BCUT2D eigenvalue weighted by atomic mass is 16.5. The smallest absolute Gasteiger partial charge is 0.225 e. The zero-order chi connectivity index (χ0) is 15.9. The van der Waals surface area contributed by atoms with E-state index < -0.39 is 0 Å². The van der Waals surface area contributed by atoms with Crippen molar-refractivity contribution in [1.82, 2.24) is 10.2 Å². The second-order valence-electron chi connectivity index (χ2n) is 5.62. The van der Waals surface area contributed by atoms with E-state index in [-0.39, 0.29) is 17.7 Å². The zero-order valence-corrected chi connectivity index (χ0v) is 13.3. The van der Waals surface area contributed by atoms with Crippen LogP contribution in [0.15, 0.2) is 24.3 Å². The van der Waals surface area contributed by atoms with Crippen molar-refractivity contribution in [3.8, 4) is 5.75 Å². The lowest BCUT2D eigenvalue weighted by Crippen LogP contribution is -2.33. The minimum absolute atomic E-state index is 0.0572. The fraction of sp³-hybridized carbons (Fsp3) is 0.529. The fourth-order valence-corrected chi connectivity index (χ4v) is 2.69. The van der Waals surface area contributed by atoms with Crippen LogP contribution in [-0.4, -0.2) is 36.9 Å². The summed E-state index contributed by atoms with van der Waals surface area (Å²) in [7, 11) is 1.61. The van der Waals surface area contributed by atoms with Crippen LogP contribution in [0.25, 0.3) is 0 Å². The van der Waals surface area contributed by atoms with Crippen LogP contribution in [0.5, 0.6) is 5.75 Å². The van der Waals surface area contributed by atoms with Crippen LogP contribution in [-0.2, 0) is 16.1 Å². The summed E-state index contributed by atoms with van der Waals surface area (Å²) in [6.45, 7) is 3.81. The molecule has 2 amide bonds. The highest BCUT2D eigenvalue weighted by Gasteiger charge is 2.33. The number of unbranched alkanes of at least 4 members (excludes halogenated alkanes) is 1. The molecule has 2 rings (SSSR count). The predicted octanol–water partition coefficient (Wildman–Crippen LogP) is 1.96. The van der Waals surface area contributed by atoms with Gasteiger partial charge in [0.05, 0.1) is 13.0 Å². The van der Waals surface area contributed by atoms with Crippen molar-refractivity contribution in [3.05, 3.63) is 29.8 Å². The van der Waals surface area contributed by atoms with Crippen LogP contribution in [0.2, 0.25) is 0 Å². The topological polar surface area (TPSA) is 58.6 Å². The van der Waals surface area contributed by atoms with E-state index >= 15 is 0 Å². The first-order valence-electron chi connectivity index (χ1n) is 7.83. The average molecular weight is 304 g/mol. The van der Waals surface area contributed by atoms with Gasteiger partial charge in [0.25, 0.3) is 0 Å². The summed E-state index contributed by atoms with van der Waals surface area (Å²) >= 11 is 0. The molecule has 1 N–H and O–H groups in total. The van der Waals surface area contributed by atoms with E-state index in [1.54, 1.807) is 12.0 Å². The normalized spacial score (nSPS) is 17.6. The molecule has 1 atom stereocenters. The molecule has 5 nitrogen and oxygen atoms in total. The molecule has 1 saturated heterocycles. The second kappa shape index (κ2) is 7.82. The number of hydrogen-bond donors (Lipinski definition) is 1. The average Bonchev–Trinajstić information content (AvgIpc) is 2.92. The van der Waals surface area contributed by atoms with Gasteiger partial charge in [-0.15, -0.1) is 0 Å². The van der Waals surface area contributed by atoms with E-state index in [0.717, 1.165) is 30.7 Å². The number of hydrogen-bond acceptors (Lipinski definition) is 3. The molecule has 1 heterocycles. The minimum atomic E-state index is -0.237. The summed E-state index contributed by atoms with van der Waals surface area (Å²) in [6, 6.07) is 7.60. The molecule has 1 aromatic carbocycles. The van der Waals surface area contributed by atoms with Crippen molar-refractivity contribution in [3.63, 3.8) is 0 Å². The van der Waals surface area contributed by atoms with Gasteiger partial charge in [0.2, 0.25) is 11.8 Å². The number of carbonyl (C=O) groups is 2. The standard InChI is InChI=1S/C17H24N2O3/c1-3-4-9-19-12-14(10-16(19)20)17(21)18-11-13-7-5-6-8-15(13)22-2/h5-8,14H,3-4,9-12H2,1-2H3,(H,18,21). The minimum Gasteiger partial charge on any atom is -0.496 e. The van der Waals surface area contributed by atoms with E-state index in [1.807, 2.05) is 24.3 Å². The van der Waals surface area contributed by atoms with E-state index in [2.05, 4.69) is 12.2 Å². The van der Waals surface area contributed by atoms with Gasteiger partial charge < -0.3 is 15.0 Å². The van der Waals surface area contributed by atoms with Crippen molar-refractivity contribution in [1.29, 1.82) is 0 Å². The summed E-state index contributed by atoms with van der Waals surface area (Å²) in [5.41, 5.74) is 0.936. The number of ether oxygens (including phenoxy) is 1. The number of benzene rings is 1. The van der Waals surface area contributed by atoms with Crippen LogP contribution >= 0.6 is 0 Å². The van der Waals surface area contributed by atoms with Crippen LogP contribution in [0.3, 0.4) is 0 Å². The number of nitrogens with zero attached hydrogens (tertiary/aromatic N) is 1. The molecule has 1 aromatic rings. The third kappa shape index (κ3) is 4.00. The lowest BCUT2D eigenvalue weighted by molar-refractivity contribution is -0.129. The summed E-state index contributed by atoms with van der Waals surface area (Å²) in [5.74, 6) is 0.554. The highest BCUT2D eigenvalue weighted by Crippen LogP contribution is 2.20. The Kier molecular flexibility index (Phi) is 5.81. The summed E-state index contributed by atoms with van der Waals surface area (Å²) < 4.78 is 5.27. The van der Waals surface area contributed by atoms with Gasteiger partial charge in [-0.2, -0.15) is 0 Å². The molecule has 1 unspecified atom stereocenters. The summed E-state index contributed by atoms with van der Waals surface area (Å²) in [6.07, 6.45) is 2.36. The van der Waals surface area contributed by atoms with Crippen LogP contribution < -0.4 is 10.1 Å². The maximum Gasteiger partial charge on any atom is 0.225 e. The van der Waals surface area contributed by atoms with Gasteiger partial charge in [0, 0.05) is 31.6 Å². The Bertz CT molecular complexity index is 530. The van der Waals surface area contributed by atoms with Crippen molar-refractivity contribution < 1.29 is 14.3 Å². The molecule has 1 aliphatic heterocycles. The van der Waals surface area contributed by atoms with Crippen molar-refractivity contribution >= 4 is 11.8 Å². The maximum atomic E-state index is 12.3. The third-order valence-electron chi connectivity index (χ3n) is 4.01. The Labute approximate surface area is 131 Å². The second-order valence-corrected chi connectivity index (χ2v) is 5.62. The van der Waals surface area contributed by atoms with Crippen molar-refractivity contribution in [2.24, 2.45) is 5.92 Å². The number of methoxy groups -OCH3 is 1. The number of nitrogens with one attached hydrogen (secondary N) is 1. The van der Waals surface area contributed by atoms with E-state index in [1.165, 1.54) is 0 Å². The quantitative estimate of drug-likeness (QED) is 0.838. The first kappa shape index (κ1) is 16.3. The maximum absolute atomic E-state index is 12.3. The van der Waals surface area contributed by atoms with Gasteiger partial charge in [-0.25, -0.2) is 0 Å². The first-order chi connectivity index (χ1) is 10.7. The molecular weight excluding hydrogens is 280 g/mol. The number of likely N-dealkylation sites (tertiary alicyclic amines) is 1. The zero-order valence-electron chi connectivity index (χ0n) is 13.3. The number of rotatable bonds is 7. The fourth-order valence-electron chi connectivity index (χ4n) is 2.69. The van der Waals surface area contributed by atoms with Gasteiger partial charge in [0.1, 0.15) is 5.75 Å². The number of carbonyl (C=O) groups excluding carboxylic acids is 2. The Hall–Kier alpha value is -2.04. The van der Waals surface area contributed by atoms with Crippen LogP contribution in [0.4, 0.5) is 0 Å². The van der Waals surface area contributed by atoms with Gasteiger partial charge in [-0.05, 0) is 12.5 Å². The summed E-state index contributed by atoms with van der Waals surface area (Å²) in [4.78, 5) is 26.0. The molecular formula is C17H24N2O3. The Morgan fingerprint density at radius 2 is 2.18 bits per heavy atom. The molecule has 120 valence electrons. The predicted molar refractivity (Wildman–Crippen MR) is 84.4 cm³/mol. The molecule has 1 fully saturated rings. The molecule has 0 spiro atoms. The SMILES string of the molecule is CCCCN1CC(C(=O)NCc2ccccc2OC)CC1=O. The highest BCUT2D eigenvalue weighted by molar-refractivity contribution is 5.89. The van der Waals surface area contributed by atoms with Crippen molar-refractivity contribution in [2.45, 2.75) is 32.7 Å². The number of para-hydroxylation sites is 1. The summed E-state index contributed by atoms with van der Waals surface area (Å²) in [5, 5.41) is 2.91. The molecule has 1 aliphatic rings. The Morgan fingerprint density at radius 3 is 2.91 bits per heavy atom. The molecule has 0 saturated carbocycles. The van der Waals surface area contributed by atoms with E-state index in [4.69, 9.17) is 4.74 Å². The molecule has 22 heavy (non-hydrogen) atoms. The molecule has 5 heteroatoms. The molecule has 0 aliphatic carbocycles. The molecule has 0 aromatic heterocycles. The van der Waals surface area contributed by atoms with Crippen LogP contribution in [0, 0.1) is 5.92 Å². The van der Waals surface area contributed by atoms with Crippen molar-refractivity contribution in [2.75, 3.05) is 20.2 Å². The van der Waals surface area contributed by atoms with Gasteiger partial charge in [0.15, 0.2) is 0 Å². The molecule has 0 radical (unpaired) electrons. The van der Waals surface area contributed by atoms with Gasteiger partial charge >= 0.3 is 0 Å². The number of amides is 2. The third-order valence-corrected chi connectivity index (χ3v) is 4.01. The largest absolute Gasteiger partial charge is 0.496 e. The lowest BCUT2D eigenvalue weighted by Gasteiger charge is -2.16. The van der Waals surface area contributed by atoms with Gasteiger partial charge in [-0.1, -0.05) is 31.5 Å². The first-order valence-corrected chi connectivity index (χ1v) is 7.83. The monoisotopic (exact) mass is 304 g/mol. The van der Waals surface area contributed by atoms with Gasteiger partial charge in [-0.3, -0.25) is 9.59 Å².